The molecule has 0 bridgehead atoms. The van der Waals surface area contributed by atoms with Gasteiger partial charge in [0.1, 0.15) is 5.69 Å². The average molecular weight is 584 g/mol. The van der Waals surface area contributed by atoms with Crippen molar-refractivity contribution >= 4 is 28.4 Å². The third-order valence-electron chi connectivity index (χ3n) is 7.30. The van der Waals surface area contributed by atoms with Gasteiger partial charge < -0.3 is 16.0 Å². The van der Waals surface area contributed by atoms with Crippen molar-refractivity contribution in [3.63, 3.8) is 0 Å². The monoisotopic (exact) mass is 583 g/mol. The minimum absolute atomic E-state index is 0.242. The fourth-order valence-electron chi connectivity index (χ4n) is 5.07. The molecule has 0 heterocycles. The lowest BCUT2D eigenvalue weighted by Gasteiger charge is -2.22. The molecule has 0 aliphatic carbocycles. The summed E-state index contributed by atoms with van der Waals surface area (Å²) in [6.07, 6.45) is 14.9. The van der Waals surface area contributed by atoms with Crippen LogP contribution in [0.4, 0.5) is 28.4 Å². The Morgan fingerprint density at radius 2 is 1.19 bits per heavy atom. The number of nitro benzene ring substituents is 2. The van der Waals surface area contributed by atoms with Gasteiger partial charge in [0, 0.05) is 42.0 Å². The quantitative estimate of drug-likeness (QED) is 0.0759. The maximum atomic E-state index is 12.0. The van der Waals surface area contributed by atoms with Crippen LogP contribution in [-0.4, -0.2) is 28.5 Å². The highest BCUT2D eigenvalue weighted by atomic mass is 16.6. The number of benzene rings is 2. The van der Waals surface area contributed by atoms with Gasteiger partial charge in [-0.25, -0.2) is 0 Å². The summed E-state index contributed by atoms with van der Waals surface area (Å²) >= 11 is 0. The second-order valence-corrected chi connectivity index (χ2v) is 12.3. The number of hydrogen-bond acceptors (Lipinski definition) is 7. The van der Waals surface area contributed by atoms with E-state index in [0.29, 0.717) is 5.56 Å². The number of nitrogens with zero attached hydrogens (tertiary/aromatic N) is 2. The Kier molecular flexibility index (Phi) is 15.1. The molecule has 0 saturated carbocycles. The Balaban J connectivity index is 2.29. The smallest absolute Gasteiger partial charge is 0.299 e. The van der Waals surface area contributed by atoms with E-state index in [1.165, 1.54) is 57.8 Å². The number of anilines is 3. The van der Waals surface area contributed by atoms with Crippen LogP contribution in [0.3, 0.4) is 0 Å². The van der Waals surface area contributed by atoms with Crippen LogP contribution < -0.4 is 16.0 Å². The molecule has 0 aliphatic rings. The molecule has 0 aromatic heterocycles. The van der Waals surface area contributed by atoms with Crippen molar-refractivity contribution in [1.29, 1.82) is 0 Å². The minimum atomic E-state index is -0.567. The van der Waals surface area contributed by atoms with Crippen LogP contribution in [-0.2, 0) is 6.42 Å². The second-order valence-electron chi connectivity index (χ2n) is 12.3. The van der Waals surface area contributed by atoms with E-state index in [9.17, 15) is 20.2 Å². The predicted molar refractivity (Wildman–Crippen MR) is 176 cm³/mol. The van der Waals surface area contributed by atoms with Gasteiger partial charge in [-0.15, -0.1) is 0 Å². The molecule has 234 valence electrons. The van der Waals surface area contributed by atoms with Gasteiger partial charge in [-0.05, 0) is 57.4 Å². The third kappa shape index (κ3) is 12.7. The molecule has 0 spiro atoms. The highest BCUT2D eigenvalue weighted by molar-refractivity contribution is 5.70. The first-order chi connectivity index (χ1) is 20.1. The van der Waals surface area contributed by atoms with Crippen LogP contribution >= 0.6 is 0 Å². The average Bonchev–Trinajstić information content (AvgIpc) is 2.92. The molecule has 0 unspecified atom stereocenters. The molecule has 0 atom stereocenters. The van der Waals surface area contributed by atoms with Crippen molar-refractivity contribution in [3.8, 4) is 0 Å². The van der Waals surface area contributed by atoms with Crippen molar-refractivity contribution in [2.45, 2.75) is 124 Å². The van der Waals surface area contributed by atoms with Crippen molar-refractivity contribution in [1.82, 2.24) is 0 Å². The molecule has 2 rings (SSSR count). The second kappa shape index (κ2) is 18.2. The van der Waals surface area contributed by atoms with Crippen LogP contribution in [0.25, 0.3) is 0 Å². The molecule has 0 radical (unpaired) electrons. The van der Waals surface area contributed by atoms with Gasteiger partial charge in [0.25, 0.3) is 11.4 Å². The lowest BCUT2D eigenvalue weighted by atomic mass is 9.98. The van der Waals surface area contributed by atoms with Crippen molar-refractivity contribution in [2.24, 2.45) is 0 Å². The SMILES string of the molecule is CCCCCCCCNc1ccc(Cc2cc(NC(C)(C)C)c([N+](=O)[O-])cc2[N+](=O)[O-])c(NCCCCCCCC)c1. The Hall–Kier alpha value is -3.36. The van der Waals surface area contributed by atoms with E-state index in [2.05, 4.69) is 35.9 Å². The summed E-state index contributed by atoms with van der Waals surface area (Å²) in [6, 6.07) is 8.78. The van der Waals surface area contributed by atoms with E-state index >= 15 is 0 Å². The molecule has 0 aliphatic heterocycles. The largest absolute Gasteiger partial charge is 0.385 e. The molecule has 0 fully saturated rings. The van der Waals surface area contributed by atoms with Gasteiger partial charge in [-0.3, -0.25) is 20.2 Å². The van der Waals surface area contributed by atoms with Crippen LogP contribution in [0.15, 0.2) is 30.3 Å². The van der Waals surface area contributed by atoms with Gasteiger partial charge in [0.2, 0.25) is 0 Å². The van der Waals surface area contributed by atoms with E-state index in [4.69, 9.17) is 0 Å². The first kappa shape index (κ1) is 34.8. The van der Waals surface area contributed by atoms with E-state index in [1.807, 2.05) is 32.9 Å². The van der Waals surface area contributed by atoms with Crippen LogP contribution in [0, 0.1) is 20.2 Å². The van der Waals surface area contributed by atoms with Crippen molar-refractivity contribution in [3.05, 3.63) is 61.7 Å². The molecule has 0 amide bonds. The summed E-state index contributed by atoms with van der Waals surface area (Å²) in [4.78, 5) is 22.7. The van der Waals surface area contributed by atoms with Crippen LogP contribution in [0.5, 0.6) is 0 Å². The van der Waals surface area contributed by atoms with E-state index in [-0.39, 0.29) is 23.5 Å². The molecule has 9 heteroatoms. The molecule has 0 saturated heterocycles. The molecule has 3 N–H and O–H groups in total. The summed E-state index contributed by atoms with van der Waals surface area (Å²) in [5.41, 5.74) is 2.61. The Morgan fingerprint density at radius 1 is 0.643 bits per heavy atom. The number of unbranched alkanes of at least 4 members (excludes halogenated alkanes) is 10. The number of nitrogens with one attached hydrogen (secondary N) is 3. The normalized spacial score (nSPS) is 11.4. The zero-order valence-electron chi connectivity index (χ0n) is 26.5. The number of rotatable bonds is 21. The minimum Gasteiger partial charge on any atom is -0.385 e. The van der Waals surface area contributed by atoms with E-state index in [1.54, 1.807) is 6.07 Å². The van der Waals surface area contributed by atoms with Crippen molar-refractivity contribution < 1.29 is 9.85 Å². The Labute approximate surface area is 252 Å². The summed E-state index contributed by atoms with van der Waals surface area (Å²) in [5, 5.41) is 34.1. The highest BCUT2D eigenvalue weighted by Gasteiger charge is 2.27. The lowest BCUT2D eigenvalue weighted by Crippen LogP contribution is -2.26. The summed E-state index contributed by atoms with van der Waals surface area (Å²) in [5.74, 6) is 0. The Morgan fingerprint density at radius 3 is 1.74 bits per heavy atom. The molecule has 42 heavy (non-hydrogen) atoms. The topological polar surface area (TPSA) is 122 Å². The van der Waals surface area contributed by atoms with Crippen LogP contribution in [0.1, 0.15) is 123 Å². The summed E-state index contributed by atoms with van der Waals surface area (Å²) in [6.45, 7) is 11.9. The van der Waals surface area contributed by atoms with Gasteiger partial charge in [0.05, 0.1) is 15.9 Å². The summed E-state index contributed by atoms with van der Waals surface area (Å²) in [7, 11) is 0. The molecular formula is C33H53N5O4. The fraction of sp³-hybridized carbons (Fsp3) is 0.636. The standard InChI is InChI=1S/C33H53N5O4/c1-6-8-10-12-14-16-20-34-28-19-18-26(29(24-28)35-21-17-15-13-11-9-7-2)22-27-23-30(36-33(3,4)5)32(38(41)42)25-31(27)37(39)40/h18-19,23-25,34-36H,6-17,20-22H2,1-5H3. The number of nitro groups is 2. The molecular weight excluding hydrogens is 530 g/mol. The van der Waals surface area contributed by atoms with Gasteiger partial charge in [-0.1, -0.05) is 84.1 Å². The van der Waals surface area contributed by atoms with Gasteiger partial charge >= 0.3 is 0 Å². The van der Waals surface area contributed by atoms with Gasteiger partial charge in [0.15, 0.2) is 0 Å². The van der Waals surface area contributed by atoms with Gasteiger partial charge in [-0.2, -0.15) is 0 Å². The van der Waals surface area contributed by atoms with E-state index < -0.39 is 15.4 Å². The van der Waals surface area contributed by atoms with E-state index in [0.717, 1.165) is 55.4 Å². The Bertz CT molecular complexity index is 1130. The predicted octanol–water partition coefficient (Wildman–Crippen LogP) is 9.85. The maximum Gasteiger partial charge on any atom is 0.299 e. The lowest BCUT2D eigenvalue weighted by molar-refractivity contribution is -0.394. The summed E-state index contributed by atoms with van der Waals surface area (Å²) < 4.78 is 0. The highest BCUT2D eigenvalue weighted by Crippen LogP contribution is 2.36. The fourth-order valence-corrected chi connectivity index (χ4v) is 5.07. The molecule has 9 nitrogen and oxygen atoms in total. The maximum absolute atomic E-state index is 12.0. The molecule has 2 aromatic rings. The number of hydrogen-bond donors (Lipinski definition) is 3. The van der Waals surface area contributed by atoms with Crippen molar-refractivity contribution in [2.75, 3.05) is 29.0 Å². The zero-order valence-corrected chi connectivity index (χ0v) is 26.5. The zero-order chi connectivity index (χ0) is 31.0. The first-order valence-corrected chi connectivity index (χ1v) is 15.9. The first-order valence-electron chi connectivity index (χ1n) is 15.9. The molecule has 2 aromatic carbocycles. The van der Waals surface area contributed by atoms with Crippen LogP contribution in [0.2, 0.25) is 0 Å². The third-order valence-corrected chi connectivity index (χ3v) is 7.30.